The molecule has 13 atom stereocenters. The normalized spacial score (nSPS) is 32.4. The van der Waals surface area contributed by atoms with Crippen LogP contribution in [0.4, 0.5) is 10.5 Å². The molecule has 1 aromatic heterocycles. The number of aromatic nitrogens is 3. The Morgan fingerprint density at radius 1 is 1.00 bits per heavy atom. The SMILES string of the molecule is C.C.C.C.C.CC[C@H]1OC(=O)[C@H](C)C(=O)[C@H](C)[C@@H](O[C@@H]2OC(C)CC(N(C)C)C2O)[C@](C)(OC)C[C@@H](C)CN[C@H](CCN(C)C)[C@H]2N(CCCCn3cc(-c4cccc(N)c4)nn3)C(=O)O[C@]12C. The monoisotopic (exact) mass is 965 g/mol. The number of anilines is 1. The number of methoxy groups -OCH3 is 1. The Labute approximate surface area is 411 Å². The summed E-state index contributed by atoms with van der Waals surface area (Å²) < 4.78 is 33.7. The fraction of sp³-hybridized carbons (Fsp3) is 0.784. The Morgan fingerprint density at radius 3 is 2.26 bits per heavy atom. The van der Waals surface area contributed by atoms with E-state index in [1.165, 1.54) is 0 Å². The van der Waals surface area contributed by atoms with Gasteiger partial charge in [-0.1, -0.05) is 75.3 Å². The molecule has 4 N–H and O–H groups in total. The van der Waals surface area contributed by atoms with Gasteiger partial charge in [-0.05, 0) is 126 Å². The zero-order valence-corrected chi connectivity index (χ0v) is 39.8. The number of ether oxygens (including phenoxy) is 5. The van der Waals surface area contributed by atoms with Gasteiger partial charge >= 0.3 is 12.1 Å². The molecule has 3 fully saturated rings. The van der Waals surface area contributed by atoms with E-state index in [1.807, 2.05) is 91.2 Å². The van der Waals surface area contributed by atoms with Crippen LogP contribution in [-0.2, 0) is 39.8 Å². The molecule has 17 heteroatoms. The number of aliphatic hydroxyl groups is 1. The number of hydrogen-bond donors (Lipinski definition) is 3. The number of nitrogens with two attached hydrogens (primary N) is 1. The molecule has 1 aromatic carbocycles. The summed E-state index contributed by atoms with van der Waals surface area (Å²) in [5.74, 6) is -3.20. The molecule has 0 saturated carbocycles. The fourth-order valence-electron chi connectivity index (χ4n) is 9.93. The molecule has 17 nitrogen and oxygen atoms in total. The molecule has 0 radical (unpaired) electrons. The Balaban J connectivity index is 0.00000898. The topological polar surface area (TPSA) is 196 Å². The smallest absolute Gasteiger partial charge is 0.410 e. The number of amides is 1. The number of aryl methyl sites for hydroxylation is 1. The lowest BCUT2D eigenvalue weighted by Crippen LogP contribution is -2.62. The van der Waals surface area contributed by atoms with Crippen LogP contribution in [0.3, 0.4) is 0 Å². The van der Waals surface area contributed by atoms with Crippen LogP contribution in [0, 0.1) is 17.8 Å². The summed E-state index contributed by atoms with van der Waals surface area (Å²) in [6.07, 6.45) is 0.785. The average molecular weight is 965 g/mol. The lowest BCUT2D eigenvalue weighted by molar-refractivity contribution is -0.295. The first-order chi connectivity index (χ1) is 29.7. The van der Waals surface area contributed by atoms with Crippen molar-refractivity contribution in [2.75, 3.05) is 60.7 Å². The van der Waals surface area contributed by atoms with Crippen molar-refractivity contribution in [3.8, 4) is 11.3 Å². The highest BCUT2D eigenvalue weighted by Gasteiger charge is 2.59. The highest BCUT2D eigenvalue weighted by atomic mass is 16.7. The molecule has 2 aromatic rings. The molecule has 0 spiro atoms. The van der Waals surface area contributed by atoms with Gasteiger partial charge in [-0.2, -0.15) is 0 Å². The van der Waals surface area contributed by atoms with Crippen molar-refractivity contribution >= 4 is 23.5 Å². The molecule has 394 valence electrons. The molecule has 68 heavy (non-hydrogen) atoms. The van der Waals surface area contributed by atoms with Crippen LogP contribution in [0.25, 0.3) is 11.3 Å². The highest BCUT2D eigenvalue weighted by Crippen LogP contribution is 2.41. The molecule has 0 aliphatic carbocycles. The number of aliphatic hydroxyl groups excluding tert-OH is 1. The third-order valence-electron chi connectivity index (χ3n) is 13.5. The third-order valence-corrected chi connectivity index (χ3v) is 13.5. The van der Waals surface area contributed by atoms with Crippen molar-refractivity contribution in [1.29, 1.82) is 0 Å². The number of likely N-dealkylation sites (N-methyl/N-ethyl adjacent to an activating group) is 1. The van der Waals surface area contributed by atoms with Crippen molar-refractivity contribution in [3.05, 3.63) is 30.5 Å². The van der Waals surface area contributed by atoms with E-state index in [1.54, 1.807) is 30.5 Å². The van der Waals surface area contributed by atoms with Gasteiger partial charge < -0.3 is 49.6 Å². The van der Waals surface area contributed by atoms with Gasteiger partial charge in [0.15, 0.2) is 17.7 Å². The minimum absolute atomic E-state index is 0. The van der Waals surface area contributed by atoms with Gasteiger partial charge in [-0.15, -0.1) is 5.10 Å². The zero-order valence-electron chi connectivity index (χ0n) is 39.8. The zero-order chi connectivity index (χ0) is 46.4. The summed E-state index contributed by atoms with van der Waals surface area (Å²) in [6.45, 7) is 15.2. The van der Waals surface area contributed by atoms with Crippen molar-refractivity contribution in [2.24, 2.45) is 17.8 Å². The van der Waals surface area contributed by atoms with Crippen molar-refractivity contribution in [1.82, 2.24) is 35.0 Å². The van der Waals surface area contributed by atoms with Crippen LogP contribution in [0.1, 0.15) is 124 Å². The highest BCUT2D eigenvalue weighted by molar-refractivity contribution is 6.00. The minimum atomic E-state index is -1.26. The van der Waals surface area contributed by atoms with Gasteiger partial charge in [0.1, 0.15) is 23.8 Å². The maximum atomic E-state index is 14.5. The molecule has 3 aliphatic rings. The van der Waals surface area contributed by atoms with Crippen LogP contribution in [0.5, 0.6) is 0 Å². The number of ketones is 1. The standard InChI is InChI=1S/C46H76N8O9.5CH4/c1-13-37-46(7)40(54(44(58)63-46)21-15-14-20-53-27-35(49-50-53)32-17-16-18-33(47)24-32)34(19-22-51(8)9)48-26-28(2)25-45(6,59-12)41(30(4)38(55)31(5)42(57)61-37)62-43-39(56)36(52(10)11)23-29(3)60-43;;;;;/h16-18,24,27-31,34,36-37,39-41,43,48,56H,13-15,19-23,25-26,47H2,1-12H3;5*1H4/t28-,29?,30+,31-,34-,36?,37-,39?,40-,41-,43+,45-,46-;;;;;/m1...../s1. The van der Waals surface area contributed by atoms with Crippen LogP contribution < -0.4 is 11.1 Å². The van der Waals surface area contributed by atoms with E-state index in [0.717, 1.165) is 11.3 Å². The summed E-state index contributed by atoms with van der Waals surface area (Å²) in [4.78, 5) is 48.7. The number of carbonyl (C=O) groups excluding carboxylic acids is 3. The number of fused-ring (bicyclic) bond motifs is 1. The molecule has 3 saturated heterocycles. The first-order valence-electron chi connectivity index (χ1n) is 22.8. The summed E-state index contributed by atoms with van der Waals surface area (Å²) in [5.41, 5.74) is 5.93. The summed E-state index contributed by atoms with van der Waals surface area (Å²) in [5, 5.41) is 24.0. The minimum Gasteiger partial charge on any atom is -0.458 e. The van der Waals surface area contributed by atoms with Gasteiger partial charge in [-0.25, -0.2) is 4.79 Å². The van der Waals surface area contributed by atoms with Gasteiger partial charge in [0.05, 0.1) is 30.0 Å². The number of esters is 1. The molecular weight excluding hydrogens is 869 g/mol. The van der Waals surface area contributed by atoms with E-state index in [2.05, 4.69) is 27.5 Å². The van der Waals surface area contributed by atoms with Gasteiger partial charge in [0.25, 0.3) is 0 Å². The van der Waals surface area contributed by atoms with Crippen LogP contribution in [-0.4, -0.2) is 168 Å². The second kappa shape index (κ2) is 27.6. The Morgan fingerprint density at radius 2 is 1.66 bits per heavy atom. The maximum absolute atomic E-state index is 14.5. The van der Waals surface area contributed by atoms with Crippen molar-refractivity contribution in [2.45, 2.75) is 191 Å². The number of unbranched alkanes of at least 4 members (excludes halogenated alkanes) is 1. The summed E-state index contributed by atoms with van der Waals surface area (Å²) in [6, 6.07) is 6.46. The predicted molar refractivity (Wildman–Crippen MR) is 273 cm³/mol. The number of nitrogen functional groups attached to an aromatic ring is 1. The van der Waals surface area contributed by atoms with E-state index in [4.69, 9.17) is 29.4 Å². The third kappa shape index (κ3) is 14.9. The molecule has 0 bridgehead atoms. The van der Waals surface area contributed by atoms with E-state index in [9.17, 15) is 19.5 Å². The number of nitrogens with one attached hydrogen (secondary N) is 1. The molecule has 5 rings (SSSR count). The van der Waals surface area contributed by atoms with Crippen LogP contribution >= 0.6 is 0 Å². The van der Waals surface area contributed by atoms with E-state index in [0.29, 0.717) is 70.4 Å². The Bertz CT molecular complexity index is 1830. The number of nitrogens with zero attached hydrogens (tertiary/aromatic N) is 6. The van der Waals surface area contributed by atoms with Crippen molar-refractivity contribution < 1.29 is 43.2 Å². The second-order valence-electron chi connectivity index (χ2n) is 19.2. The van der Waals surface area contributed by atoms with Gasteiger partial charge in [0.2, 0.25) is 0 Å². The second-order valence-corrected chi connectivity index (χ2v) is 19.2. The first-order valence-corrected chi connectivity index (χ1v) is 22.8. The number of rotatable bonds is 14. The number of carbonyl (C=O) groups is 3. The van der Waals surface area contributed by atoms with Gasteiger partial charge in [0, 0.05) is 49.5 Å². The van der Waals surface area contributed by atoms with E-state index in [-0.39, 0.29) is 61.2 Å². The van der Waals surface area contributed by atoms with Crippen LogP contribution in [0.2, 0.25) is 0 Å². The van der Waals surface area contributed by atoms with E-state index >= 15 is 0 Å². The number of cyclic esters (lactones) is 1. The van der Waals surface area contributed by atoms with Gasteiger partial charge in [-0.3, -0.25) is 19.2 Å². The Kier molecular flexibility index (Phi) is 26.1. The quantitative estimate of drug-likeness (QED) is 0.0733. The summed E-state index contributed by atoms with van der Waals surface area (Å²) in [7, 11) is 9.44. The Hall–Kier alpha value is -3.71. The fourth-order valence-corrected chi connectivity index (χ4v) is 9.93. The average Bonchev–Trinajstić information content (AvgIpc) is 3.81. The maximum Gasteiger partial charge on any atom is 0.410 e. The lowest BCUT2D eigenvalue weighted by Gasteiger charge is -2.46. The molecular formula is C51H96N8O9. The number of hydrogen-bond acceptors (Lipinski definition) is 15. The van der Waals surface area contributed by atoms with Crippen molar-refractivity contribution in [3.63, 3.8) is 0 Å². The summed E-state index contributed by atoms with van der Waals surface area (Å²) >= 11 is 0. The molecule has 3 aliphatic heterocycles. The van der Waals surface area contributed by atoms with Crippen LogP contribution in [0.15, 0.2) is 30.5 Å². The molecule has 1 amide bonds. The first kappa shape index (κ1) is 64.3. The van der Waals surface area contributed by atoms with E-state index < -0.39 is 71.5 Å². The number of benzene rings is 1. The number of Topliss-reactive ketones (excluding diaryl/α,β-unsaturated/α-hetero) is 1. The largest absolute Gasteiger partial charge is 0.458 e. The predicted octanol–water partition coefficient (Wildman–Crippen LogP) is 7.40. The molecule has 3 unspecified atom stereocenters. The molecule has 4 heterocycles. The lowest BCUT2D eigenvalue weighted by atomic mass is 9.78.